The molecule has 0 aromatic carbocycles. The zero-order valence-corrected chi connectivity index (χ0v) is 6.94. The van der Waals surface area contributed by atoms with Crippen LogP contribution in [0.25, 0.3) is 0 Å². The summed E-state index contributed by atoms with van der Waals surface area (Å²) >= 11 is 0. The van der Waals surface area contributed by atoms with Gasteiger partial charge in [-0.25, -0.2) is 0 Å². The molecular formula is C8H17N. The minimum absolute atomic E-state index is 0.527. The maximum Gasteiger partial charge on any atom is 0.0193 e. The maximum atomic E-state index is 2.47. The van der Waals surface area contributed by atoms with Crippen LogP contribution >= 0.6 is 0 Å². The van der Waals surface area contributed by atoms with Crippen LogP contribution in [0.4, 0.5) is 0 Å². The predicted molar refractivity (Wildman–Crippen MR) is 40.5 cm³/mol. The van der Waals surface area contributed by atoms with Crippen molar-refractivity contribution in [3.63, 3.8) is 0 Å². The molecule has 1 aliphatic rings. The van der Waals surface area contributed by atoms with Gasteiger partial charge in [0.15, 0.2) is 0 Å². The highest BCUT2D eigenvalue weighted by Crippen LogP contribution is 2.36. The SMILES string of the molecule is CCC1(C)CC(C)N1C. The first kappa shape index (κ1) is 7.07. The van der Waals surface area contributed by atoms with Gasteiger partial charge < -0.3 is 0 Å². The molecule has 1 aliphatic heterocycles. The smallest absolute Gasteiger partial charge is 0.0193 e. The van der Waals surface area contributed by atoms with E-state index in [1.807, 2.05) is 0 Å². The highest BCUT2D eigenvalue weighted by molar-refractivity contribution is 4.98. The van der Waals surface area contributed by atoms with Crippen molar-refractivity contribution in [1.82, 2.24) is 4.90 Å². The summed E-state index contributed by atoms with van der Waals surface area (Å²) in [6, 6.07) is 0.815. The van der Waals surface area contributed by atoms with Crippen molar-refractivity contribution < 1.29 is 0 Å². The van der Waals surface area contributed by atoms with Crippen LogP contribution in [-0.4, -0.2) is 23.5 Å². The summed E-state index contributed by atoms with van der Waals surface area (Å²) in [4.78, 5) is 2.47. The molecule has 0 aliphatic carbocycles. The van der Waals surface area contributed by atoms with Crippen molar-refractivity contribution in [3.8, 4) is 0 Å². The first-order valence-electron chi connectivity index (χ1n) is 3.83. The molecule has 1 fully saturated rings. The standard InChI is InChI=1S/C8H17N/c1-5-8(3)6-7(2)9(8)4/h7H,5-6H2,1-4H3. The van der Waals surface area contributed by atoms with Crippen molar-refractivity contribution in [2.24, 2.45) is 0 Å². The molecule has 1 rings (SSSR count). The van der Waals surface area contributed by atoms with Crippen LogP contribution in [0, 0.1) is 0 Å². The van der Waals surface area contributed by atoms with Crippen LogP contribution in [0.15, 0.2) is 0 Å². The summed E-state index contributed by atoms with van der Waals surface area (Å²) in [7, 11) is 2.22. The fourth-order valence-electron chi connectivity index (χ4n) is 1.73. The lowest BCUT2D eigenvalue weighted by atomic mass is 9.79. The quantitative estimate of drug-likeness (QED) is 0.520. The molecule has 0 aromatic heterocycles. The molecule has 0 aromatic rings. The van der Waals surface area contributed by atoms with E-state index < -0.39 is 0 Å². The van der Waals surface area contributed by atoms with Crippen molar-refractivity contribution in [1.29, 1.82) is 0 Å². The van der Waals surface area contributed by atoms with Crippen molar-refractivity contribution in [2.75, 3.05) is 7.05 Å². The number of hydrogen-bond acceptors (Lipinski definition) is 1. The van der Waals surface area contributed by atoms with Crippen LogP contribution in [0.1, 0.15) is 33.6 Å². The number of hydrogen-bond donors (Lipinski definition) is 0. The van der Waals surface area contributed by atoms with E-state index in [1.54, 1.807) is 0 Å². The molecule has 2 unspecified atom stereocenters. The molecule has 9 heavy (non-hydrogen) atoms. The normalized spacial score (nSPS) is 44.7. The van der Waals surface area contributed by atoms with Gasteiger partial charge in [-0.2, -0.15) is 0 Å². The van der Waals surface area contributed by atoms with Crippen LogP contribution in [0.2, 0.25) is 0 Å². The average molecular weight is 127 g/mol. The number of likely N-dealkylation sites (tertiary alicyclic amines) is 1. The fourth-order valence-corrected chi connectivity index (χ4v) is 1.73. The molecule has 0 bridgehead atoms. The Hall–Kier alpha value is -0.0400. The van der Waals surface area contributed by atoms with Gasteiger partial charge >= 0.3 is 0 Å². The summed E-state index contributed by atoms with van der Waals surface area (Å²) in [6.07, 6.45) is 2.66. The highest BCUT2D eigenvalue weighted by Gasteiger charge is 2.41. The van der Waals surface area contributed by atoms with E-state index in [0.717, 1.165) is 6.04 Å². The maximum absolute atomic E-state index is 2.47. The van der Waals surface area contributed by atoms with Gasteiger partial charge in [0.1, 0.15) is 0 Å². The summed E-state index contributed by atoms with van der Waals surface area (Å²) in [5.74, 6) is 0. The minimum atomic E-state index is 0.527. The number of nitrogens with zero attached hydrogens (tertiary/aromatic N) is 1. The Bertz CT molecular complexity index is 111. The van der Waals surface area contributed by atoms with Crippen molar-refractivity contribution in [3.05, 3.63) is 0 Å². The van der Waals surface area contributed by atoms with Gasteiger partial charge in [0, 0.05) is 11.6 Å². The molecule has 1 saturated heterocycles. The lowest BCUT2D eigenvalue weighted by molar-refractivity contribution is -0.0314. The molecule has 1 heterocycles. The molecule has 0 radical (unpaired) electrons. The fraction of sp³-hybridized carbons (Fsp3) is 1.00. The molecule has 0 spiro atoms. The van der Waals surface area contributed by atoms with Gasteiger partial charge in [0.25, 0.3) is 0 Å². The second kappa shape index (κ2) is 1.98. The zero-order chi connectivity index (χ0) is 7.07. The van der Waals surface area contributed by atoms with Crippen LogP contribution < -0.4 is 0 Å². The molecule has 0 amide bonds. The van der Waals surface area contributed by atoms with E-state index >= 15 is 0 Å². The summed E-state index contributed by atoms with van der Waals surface area (Å²) in [6.45, 7) is 6.90. The third-order valence-electron chi connectivity index (χ3n) is 3.01. The second-order valence-corrected chi connectivity index (χ2v) is 3.51. The predicted octanol–water partition coefficient (Wildman–Crippen LogP) is 1.88. The van der Waals surface area contributed by atoms with Crippen LogP contribution in [-0.2, 0) is 0 Å². The molecule has 1 heteroatoms. The van der Waals surface area contributed by atoms with Crippen molar-refractivity contribution >= 4 is 0 Å². The monoisotopic (exact) mass is 127 g/mol. The zero-order valence-electron chi connectivity index (χ0n) is 6.94. The van der Waals surface area contributed by atoms with Crippen molar-refractivity contribution in [2.45, 2.75) is 45.2 Å². The minimum Gasteiger partial charge on any atom is -0.298 e. The topological polar surface area (TPSA) is 3.24 Å². The van der Waals surface area contributed by atoms with E-state index in [-0.39, 0.29) is 0 Å². The van der Waals surface area contributed by atoms with Crippen LogP contribution in [0.3, 0.4) is 0 Å². The number of rotatable bonds is 1. The van der Waals surface area contributed by atoms with Gasteiger partial charge in [-0.1, -0.05) is 6.92 Å². The van der Waals surface area contributed by atoms with Gasteiger partial charge in [-0.15, -0.1) is 0 Å². The first-order chi connectivity index (χ1) is 4.10. The summed E-state index contributed by atoms with van der Waals surface area (Å²) < 4.78 is 0. The van der Waals surface area contributed by atoms with Gasteiger partial charge in [-0.3, -0.25) is 4.90 Å². The Kier molecular flexibility index (Phi) is 1.55. The van der Waals surface area contributed by atoms with E-state index in [2.05, 4.69) is 32.7 Å². The van der Waals surface area contributed by atoms with E-state index in [1.165, 1.54) is 12.8 Å². The Labute approximate surface area is 58.0 Å². The lowest BCUT2D eigenvalue weighted by Crippen LogP contribution is -2.60. The second-order valence-electron chi connectivity index (χ2n) is 3.51. The van der Waals surface area contributed by atoms with Gasteiger partial charge in [0.05, 0.1) is 0 Å². The third-order valence-corrected chi connectivity index (χ3v) is 3.01. The molecular weight excluding hydrogens is 110 g/mol. The Balaban J connectivity index is 2.48. The lowest BCUT2D eigenvalue weighted by Gasteiger charge is -2.53. The first-order valence-corrected chi connectivity index (χ1v) is 3.83. The summed E-state index contributed by atoms with van der Waals surface area (Å²) in [5, 5.41) is 0. The Morgan fingerprint density at radius 1 is 1.67 bits per heavy atom. The summed E-state index contributed by atoms with van der Waals surface area (Å²) in [5.41, 5.74) is 0.527. The van der Waals surface area contributed by atoms with E-state index in [4.69, 9.17) is 0 Å². The highest BCUT2D eigenvalue weighted by atomic mass is 15.3. The molecule has 1 nitrogen and oxygen atoms in total. The molecule has 2 atom stereocenters. The average Bonchev–Trinajstić information content (AvgIpc) is 1.87. The van der Waals surface area contributed by atoms with E-state index in [0.29, 0.717) is 5.54 Å². The molecule has 54 valence electrons. The van der Waals surface area contributed by atoms with Gasteiger partial charge in [0.2, 0.25) is 0 Å². The Morgan fingerprint density at radius 3 is 2.33 bits per heavy atom. The van der Waals surface area contributed by atoms with Crippen LogP contribution in [0.5, 0.6) is 0 Å². The molecule has 0 N–H and O–H groups in total. The largest absolute Gasteiger partial charge is 0.298 e. The van der Waals surface area contributed by atoms with E-state index in [9.17, 15) is 0 Å². The van der Waals surface area contributed by atoms with Gasteiger partial charge in [-0.05, 0) is 33.7 Å². The molecule has 0 saturated carbocycles. The Morgan fingerprint density at radius 2 is 2.22 bits per heavy atom. The third kappa shape index (κ3) is 0.877.